The molecule has 6 heteroatoms. The fourth-order valence-corrected chi connectivity index (χ4v) is 2.79. The molecule has 23 heavy (non-hydrogen) atoms. The molecule has 0 saturated heterocycles. The van der Waals surface area contributed by atoms with Crippen LogP contribution in [0.2, 0.25) is 0 Å². The number of anilines is 1. The van der Waals surface area contributed by atoms with Gasteiger partial charge >= 0.3 is 0 Å². The van der Waals surface area contributed by atoms with Gasteiger partial charge in [-0.1, -0.05) is 0 Å². The molecule has 1 aliphatic heterocycles. The number of nitrogens with zero attached hydrogens (tertiary/aromatic N) is 1. The number of nitrogens with one attached hydrogen (secondary N) is 1. The number of aromatic nitrogens is 1. The van der Waals surface area contributed by atoms with Crippen LogP contribution in [0.5, 0.6) is 5.75 Å². The summed E-state index contributed by atoms with van der Waals surface area (Å²) >= 11 is 0. The van der Waals surface area contributed by atoms with E-state index in [0.29, 0.717) is 19.6 Å². The minimum atomic E-state index is -0.275. The second-order valence-corrected chi connectivity index (χ2v) is 5.33. The van der Waals surface area contributed by atoms with Crippen molar-refractivity contribution in [3.8, 4) is 5.75 Å². The van der Waals surface area contributed by atoms with Gasteiger partial charge in [-0.15, -0.1) is 0 Å². The predicted molar refractivity (Wildman–Crippen MR) is 82.9 cm³/mol. The average molecular weight is 314 g/mol. The third kappa shape index (κ3) is 2.73. The van der Waals surface area contributed by atoms with Gasteiger partial charge in [0, 0.05) is 18.3 Å². The van der Waals surface area contributed by atoms with E-state index < -0.39 is 0 Å². The largest absolute Gasteiger partial charge is 0.467 e. The minimum Gasteiger partial charge on any atom is -0.467 e. The summed E-state index contributed by atoms with van der Waals surface area (Å²) in [5.74, 6) is 1.21. The van der Waals surface area contributed by atoms with Crippen molar-refractivity contribution in [3.63, 3.8) is 0 Å². The van der Waals surface area contributed by atoms with E-state index in [1.165, 1.54) is 12.1 Å². The smallest absolute Gasteiger partial charge is 0.189 e. The Morgan fingerprint density at radius 3 is 3.17 bits per heavy atom. The van der Waals surface area contributed by atoms with E-state index in [2.05, 4.69) is 10.3 Å². The van der Waals surface area contributed by atoms with Crippen LogP contribution in [0.25, 0.3) is 11.0 Å². The summed E-state index contributed by atoms with van der Waals surface area (Å²) in [6.07, 6.45) is 3.95. The molecule has 3 heterocycles. The number of ether oxygens (including phenoxy) is 2. The highest BCUT2D eigenvalue weighted by Crippen LogP contribution is 2.30. The third-order valence-electron chi connectivity index (χ3n) is 3.82. The van der Waals surface area contributed by atoms with Gasteiger partial charge in [0.05, 0.1) is 18.3 Å². The highest BCUT2D eigenvalue weighted by atomic mass is 19.1. The molecule has 4 rings (SSSR count). The van der Waals surface area contributed by atoms with E-state index in [9.17, 15) is 4.39 Å². The first-order valence-electron chi connectivity index (χ1n) is 7.39. The molecule has 118 valence electrons. The molecular formula is C17H15FN2O3. The Hall–Kier alpha value is -2.60. The standard InChI is InChI=1S/C17H15FN2O3/c18-13-7-11(16-12(8-13)9-21-10-23-16)1-4-19-17-14-3-6-22-15(14)2-5-20-17/h2-3,5-8H,1,4,9-10H2,(H,19,20). The van der Waals surface area contributed by atoms with Gasteiger partial charge < -0.3 is 19.2 Å². The molecule has 0 unspecified atom stereocenters. The SMILES string of the molecule is Fc1cc(CCNc2nccc3occc23)c2c(c1)COCO2. The maximum atomic E-state index is 13.7. The van der Waals surface area contributed by atoms with Gasteiger partial charge in [0.1, 0.15) is 23.0 Å². The van der Waals surface area contributed by atoms with Crippen LogP contribution < -0.4 is 10.1 Å². The summed E-state index contributed by atoms with van der Waals surface area (Å²) in [6.45, 7) is 1.19. The fraction of sp³-hybridized carbons (Fsp3) is 0.235. The van der Waals surface area contributed by atoms with Crippen LogP contribution in [-0.4, -0.2) is 18.3 Å². The molecule has 0 aliphatic carbocycles. The molecule has 0 fully saturated rings. The van der Waals surface area contributed by atoms with Gasteiger partial charge in [-0.3, -0.25) is 0 Å². The monoisotopic (exact) mass is 314 g/mol. The lowest BCUT2D eigenvalue weighted by molar-refractivity contribution is -0.0172. The fourth-order valence-electron chi connectivity index (χ4n) is 2.79. The molecule has 1 aliphatic rings. The zero-order valence-electron chi connectivity index (χ0n) is 12.3. The van der Waals surface area contributed by atoms with Crippen LogP contribution in [0, 0.1) is 5.82 Å². The molecule has 3 aromatic rings. The van der Waals surface area contributed by atoms with Crippen molar-refractivity contribution in [3.05, 3.63) is 53.7 Å². The minimum absolute atomic E-state index is 0.203. The van der Waals surface area contributed by atoms with Crippen molar-refractivity contribution in [2.24, 2.45) is 0 Å². The van der Waals surface area contributed by atoms with E-state index in [-0.39, 0.29) is 12.6 Å². The van der Waals surface area contributed by atoms with Gasteiger partial charge in [-0.2, -0.15) is 0 Å². The van der Waals surface area contributed by atoms with Crippen LogP contribution >= 0.6 is 0 Å². The zero-order valence-corrected chi connectivity index (χ0v) is 12.3. The number of benzene rings is 1. The van der Waals surface area contributed by atoms with Crippen molar-refractivity contribution in [1.82, 2.24) is 4.98 Å². The molecular weight excluding hydrogens is 299 g/mol. The van der Waals surface area contributed by atoms with E-state index in [0.717, 1.165) is 33.7 Å². The van der Waals surface area contributed by atoms with Gasteiger partial charge in [0.15, 0.2) is 6.79 Å². The molecule has 2 aromatic heterocycles. The maximum absolute atomic E-state index is 13.7. The first-order chi connectivity index (χ1) is 11.3. The highest BCUT2D eigenvalue weighted by Gasteiger charge is 2.16. The van der Waals surface area contributed by atoms with E-state index >= 15 is 0 Å². The van der Waals surface area contributed by atoms with E-state index in [1.54, 1.807) is 12.5 Å². The molecule has 0 amide bonds. The first kappa shape index (κ1) is 14.0. The summed E-state index contributed by atoms with van der Waals surface area (Å²) in [4.78, 5) is 4.32. The van der Waals surface area contributed by atoms with Crippen molar-refractivity contribution in [1.29, 1.82) is 0 Å². The molecule has 5 nitrogen and oxygen atoms in total. The number of halogens is 1. The lowest BCUT2D eigenvalue weighted by Crippen LogP contribution is -2.15. The van der Waals surface area contributed by atoms with Gasteiger partial charge in [-0.05, 0) is 36.2 Å². The topological polar surface area (TPSA) is 56.5 Å². The summed E-state index contributed by atoms with van der Waals surface area (Å²) in [5, 5.41) is 4.20. The molecule has 0 bridgehead atoms. The van der Waals surface area contributed by atoms with E-state index in [4.69, 9.17) is 13.9 Å². The van der Waals surface area contributed by atoms with Crippen LogP contribution in [-0.2, 0) is 17.8 Å². The second kappa shape index (κ2) is 5.89. The Balaban J connectivity index is 1.51. The number of rotatable bonds is 4. The normalized spacial score (nSPS) is 13.6. The van der Waals surface area contributed by atoms with E-state index in [1.807, 2.05) is 12.1 Å². The molecule has 0 radical (unpaired) electrons. The quantitative estimate of drug-likeness (QED) is 0.799. The van der Waals surface area contributed by atoms with Crippen LogP contribution in [0.1, 0.15) is 11.1 Å². The summed E-state index contributed by atoms with van der Waals surface area (Å²) in [7, 11) is 0. The zero-order chi connectivity index (χ0) is 15.6. The maximum Gasteiger partial charge on any atom is 0.189 e. The highest BCUT2D eigenvalue weighted by molar-refractivity contribution is 5.87. The number of fused-ring (bicyclic) bond motifs is 2. The van der Waals surface area contributed by atoms with Crippen molar-refractivity contribution in [2.45, 2.75) is 13.0 Å². The third-order valence-corrected chi connectivity index (χ3v) is 3.82. The summed E-state index contributed by atoms with van der Waals surface area (Å²) < 4.78 is 29.8. The number of pyridine rings is 1. The number of furan rings is 1. The summed E-state index contributed by atoms with van der Waals surface area (Å²) in [5.41, 5.74) is 2.36. The first-order valence-corrected chi connectivity index (χ1v) is 7.39. The molecule has 0 saturated carbocycles. The molecule has 1 aromatic carbocycles. The van der Waals surface area contributed by atoms with Crippen LogP contribution in [0.4, 0.5) is 10.2 Å². The Kier molecular flexibility index (Phi) is 3.59. The Labute approximate surface area is 132 Å². The number of hydrogen-bond acceptors (Lipinski definition) is 5. The average Bonchev–Trinajstić information content (AvgIpc) is 3.04. The second-order valence-electron chi connectivity index (χ2n) is 5.33. The Morgan fingerprint density at radius 2 is 2.22 bits per heavy atom. The van der Waals surface area contributed by atoms with Gasteiger partial charge in [0.25, 0.3) is 0 Å². The van der Waals surface area contributed by atoms with Gasteiger partial charge in [-0.25, -0.2) is 9.37 Å². The van der Waals surface area contributed by atoms with Gasteiger partial charge in [0.2, 0.25) is 0 Å². The molecule has 0 spiro atoms. The lowest BCUT2D eigenvalue weighted by atomic mass is 10.1. The van der Waals surface area contributed by atoms with Crippen molar-refractivity contribution < 1.29 is 18.3 Å². The Bertz CT molecular complexity index is 847. The van der Waals surface area contributed by atoms with Crippen LogP contribution in [0.15, 0.2) is 41.1 Å². The molecule has 1 N–H and O–H groups in total. The Morgan fingerprint density at radius 1 is 1.26 bits per heavy atom. The molecule has 0 atom stereocenters. The summed E-state index contributed by atoms with van der Waals surface area (Å²) in [6, 6.07) is 6.66. The van der Waals surface area contributed by atoms with Crippen LogP contribution in [0.3, 0.4) is 0 Å². The predicted octanol–water partition coefficient (Wildman–Crippen LogP) is 3.49. The van der Waals surface area contributed by atoms with Crippen molar-refractivity contribution >= 4 is 16.8 Å². The van der Waals surface area contributed by atoms with Crippen molar-refractivity contribution in [2.75, 3.05) is 18.7 Å². The number of hydrogen-bond donors (Lipinski definition) is 1. The lowest BCUT2D eigenvalue weighted by Gasteiger charge is -2.21.